The van der Waals surface area contributed by atoms with Gasteiger partial charge in [-0.05, 0) is 25.7 Å². The Morgan fingerprint density at radius 3 is 3.12 bits per heavy atom. The second-order valence-corrected chi connectivity index (χ2v) is 4.53. The summed E-state index contributed by atoms with van der Waals surface area (Å²) in [5, 5.41) is 6.59. The van der Waals surface area contributed by atoms with E-state index in [2.05, 4.69) is 10.5 Å². The van der Waals surface area contributed by atoms with Gasteiger partial charge in [0, 0.05) is 11.9 Å². The molecular weight excluding hydrogens is 228 g/mol. The van der Waals surface area contributed by atoms with Crippen molar-refractivity contribution in [3.8, 4) is 0 Å². The molecule has 1 aromatic rings. The molecule has 1 fully saturated rings. The summed E-state index contributed by atoms with van der Waals surface area (Å²) in [6, 6.07) is 0.194. The Labute approximate surface area is 99.3 Å². The van der Waals surface area contributed by atoms with Crippen LogP contribution < -0.4 is 5.32 Å². The number of rotatable bonds is 3. The van der Waals surface area contributed by atoms with Crippen molar-refractivity contribution >= 4 is 17.5 Å². The molecule has 1 saturated carbocycles. The van der Waals surface area contributed by atoms with Gasteiger partial charge in [0.1, 0.15) is 11.3 Å². The number of nitrogens with zero attached hydrogens (tertiary/aromatic N) is 1. The van der Waals surface area contributed by atoms with Crippen molar-refractivity contribution in [1.29, 1.82) is 0 Å². The quantitative estimate of drug-likeness (QED) is 0.826. The summed E-state index contributed by atoms with van der Waals surface area (Å²) in [6.07, 6.45) is 4.69. The summed E-state index contributed by atoms with van der Waals surface area (Å²) < 4.78 is 4.87. The zero-order valence-corrected chi connectivity index (χ0v) is 9.96. The number of amides is 1. The van der Waals surface area contributed by atoms with Crippen LogP contribution in [0.2, 0.25) is 0 Å². The largest absolute Gasteiger partial charge is 0.361 e. The predicted molar refractivity (Wildman–Crippen MR) is 60.6 cm³/mol. The maximum Gasteiger partial charge on any atom is 0.256 e. The van der Waals surface area contributed by atoms with E-state index in [1.165, 1.54) is 6.20 Å². The van der Waals surface area contributed by atoms with Gasteiger partial charge in [0.2, 0.25) is 0 Å². The van der Waals surface area contributed by atoms with Crippen molar-refractivity contribution in [3.63, 3.8) is 0 Å². The Kier molecular flexibility index (Phi) is 3.49. The van der Waals surface area contributed by atoms with Crippen LogP contribution in [-0.2, 0) is 0 Å². The third kappa shape index (κ3) is 2.21. The minimum Gasteiger partial charge on any atom is -0.361 e. The topological polar surface area (TPSA) is 55.1 Å². The van der Waals surface area contributed by atoms with Crippen molar-refractivity contribution in [2.24, 2.45) is 5.92 Å². The first-order valence-electron chi connectivity index (χ1n) is 5.50. The van der Waals surface area contributed by atoms with E-state index in [-0.39, 0.29) is 11.9 Å². The zero-order valence-electron chi connectivity index (χ0n) is 9.20. The van der Waals surface area contributed by atoms with Crippen LogP contribution in [0.5, 0.6) is 0 Å². The molecule has 1 heterocycles. The molecule has 1 aliphatic rings. The van der Waals surface area contributed by atoms with Crippen LogP contribution in [0.4, 0.5) is 0 Å². The van der Waals surface area contributed by atoms with Crippen LogP contribution >= 0.6 is 11.6 Å². The normalized spacial score (nSPS) is 24.6. The van der Waals surface area contributed by atoms with Crippen LogP contribution in [0.25, 0.3) is 0 Å². The Bertz CT molecular complexity index is 378. The van der Waals surface area contributed by atoms with Crippen LogP contribution in [0.15, 0.2) is 10.7 Å². The fourth-order valence-electron chi connectivity index (χ4n) is 2.17. The average Bonchev–Trinajstić information content (AvgIpc) is 2.86. The molecule has 1 amide bonds. The first kappa shape index (κ1) is 11.5. The van der Waals surface area contributed by atoms with Gasteiger partial charge in [-0.15, -0.1) is 11.6 Å². The van der Waals surface area contributed by atoms with Gasteiger partial charge in [0.05, 0.1) is 6.20 Å². The predicted octanol–water partition coefficient (Wildman–Crippen LogP) is 2.12. The molecule has 1 aliphatic carbocycles. The summed E-state index contributed by atoms with van der Waals surface area (Å²) in [6.45, 7) is 1.73. The molecule has 1 aromatic heterocycles. The minimum atomic E-state index is -0.110. The molecule has 2 unspecified atom stereocenters. The second kappa shape index (κ2) is 4.87. The van der Waals surface area contributed by atoms with Gasteiger partial charge < -0.3 is 9.84 Å². The molecule has 0 saturated heterocycles. The van der Waals surface area contributed by atoms with Crippen molar-refractivity contribution in [3.05, 3.63) is 17.5 Å². The third-order valence-electron chi connectivity index (χ3n) is 3.17. The monoisotopic (exact) mass is 242 g/mol. The number of carbonyl (C=O) groups is 1. The van der Waals surface area contributed by atoms with Crippen LogP contribution in [0.3, 0.4) is 0 Å². The summed E-state index contributed by atoms with van der Waals surface area (Å²) >= 11 is 5.86. The number of aryl methyl sites for hydroxylation is 1. The van der Waals surface area contributed by atoms with E-state index in [0.29, 0.717) is 23.1 Å². The molecule has 0 aliphatic heterocycles. The Morgan fingerprint density at radius 1 is 1.69 bits per heavy atom. The van der Waals surface area contributed by atoms with E-state index < -0.39 is 0 Å². The molecule has 0 radical (unpaired) electrons. The number of hydrogen-bond donors (Lipinski definition) is 1. The van der Waals surface area contributed by atoms with Gasteiger partial charge in [-0.3, -0.25) is 4.79 Å². The lowest BCUT2D eigenvalue weighted by molar-refractivity contribution is 0.0928. The van der Waals surface area contributed by atoms with Crippen molar-refractivity contribution in [2.45, 2.75) is 32.2 Å². The Morgan fingerprint density at radius 2 is 2.50 bits per heavy atom. The number of nitrogens with one attached hydrogen (secondary N) is 1. The molecular formula is C11H15ClN2O2. The number of hydrogen-bond acceptors (Lipinski definition) is 3. The minimum absolute atomic E-state index is 0.110. The van der Waals surface area contributed by atoms with Crippen LogP contribution in [0.1, 0.15) is 35.4 Å². The number of alkyl halides is 1. The van der Waals surface area contributed by atoms with Crippen molar-refractivity contribution in [1.82, 2.24) is 10.5 Å². The molecule has 4 nitrogen and oxygen atoms in total. The number of aromatic nitrogens is 1. The van der Waals surface area contributed by atoms with E-state index >= 15 is 0 Å². The standard InChI is InChI=1S/C11H15ClN2O2/c1-7-9(6-13-16-7)11(15)14-10-4-2-3-8(10)5-12/h6,8,10H,2-5H2,1H3,(H,14,15). The summed E-state index contributed by atoms with van der Waals surface area (Å²) in [4.78, 5) is 11.9. The van der Waals surface area contributed by atoms with Gasteiger partial charge in [0.15, 0.2) is 0 Å². The van der Waals surface area contributed by atoms with E-state index in [4.69, 9.17) is 16.1 Å². The van der Waals surface area contributed by atoms with Gasteiger partial charge in [-0.1, -0.05) is 11.6 Å². The molecule has 0 spiro atoms. The van der Waals surface area contributed by atoms with Gasteiger partial charge in [-0.2, -0.15) is 0 Å². The van der Waals surface area contributed by atoms with E-state index in [1.54, 1.807) is 6.92 Å². The maximum atomic E-state index is 11.9. The Balaban J connectivity index is 2.00. The van der Waals surface area contributed by atoms with Crippen molar-refractivity contribution < 1.29 is 9.32 Å². The lowest BCUT2D eigenvalue weighted by Crippen LogP contribution is -2.38. The number of halogens is 1. The molecule has 2 rings (SSSR count). The fourth-order valence-corrected chi connectivity index (χ4v) is 2.54. The lowest BCUT2D eigenvalue weighted by Gasteiger charge is -2.18. The van der Waals surface area contributed by atoms with Crippen LogP contribution in [0, 0.1) is 12.8 Å². The molecule has 0 bridgehead atoms. The highest BCUT2D eigenvalue weighted by Gasteiger charge is 2.28. The Hall–Kier alpha value is -1.03. The third-order valence-corrected chi connectivity index (χ3v) is 3.57. The van der Waals surface area contributed by atoms with Crippen LogP contribution in [-0.4, -0.2) is 23.0 Å². The van der Waals surface area contributed by atoms with Gasteiger partial charge in [0.25, 0.3) is 5.91 Å². The lowest BCUT2D eigenvalue weighted by atomic mass is 10.1. The summed E-state index contributed by atoms with van der Waals surface area (Å²) in [5.74, 6) is 1.44. The molecule has 2 atom stereocenters. The average molecular weight is 243 g/mol. The second-order valence-electron chi connectivity index (χ2n) is 4.22. The van der Waals surface area contributed by atoms with Crippen molar-refractivity contribution in [2.75, 3.05) is 5.88 Å². The zero-order chi connectivity index (χ0) is 11.5. The van der Waals surface area contributed by atoms with E-state index in [0.717, 1.165) is 19.3 Å². The highest BCUT2D eigenvalue weighted by atomic mass is 35.5. The first-order chi connectivity index (χ1) is 7.72. The van der Waals surface area contributed by atoms with Gasteiger partial charge >= 0.3 is 0 Å². The maximum absolute atomic E-state index is 11.9. The summed E-state index contributed by atoms with van der Waals surface area (Å²) in [7, 11) is 0. The van der Waals surface area contributed by atoms with E-state index in [9.17, 15) is 4.79 Å². The SMILES string of the molecule is Cc1oncc1C(=O)NC1CCCC1CCl. The fraction of sp³-hybridized carbons (Fsp3) is 0.636. The van der Waals surface area contributed by atoms with E-state index in [1.807, 2.05) is 0 Å². The van der Waals surface area contributed by atoms with Gasteiger partial charge in [-0.25, -0.2) is 0 Å². The molecule has 88 valence electrons. The highest BCUT2D eigenvalue weighted by molar-refractivity contribution is 6.18. The smallest absolute Gasteiger partial charge is 0.256 e. The molecule has 0 aromatic carbocycles. The molecule has 5 heteroatoms. The summed E-state index contributed by atoms with van der Waals surface area (Å²) in [5.41, 5.74) is 0.514. The molecule has 16 heavy (non-hydrogen) atoms. The first-order valence-corrected chi connectivity index (χ1v) is 6.04. The number of carbonyl (C=O) groups excluding carboxylic acids is 1. The molecule has 1 N–H and O–H groups in total. The highest BCUT2D eigenvalue weighted by Crippen LogP contribution is 2.26.